The predicted octanol–water partition coefficient (Wildman–Crippen LogP) is 5.05. The van der Waals surface area contributed by atoms with Gasteiger partial charge in [0.25, 0.3) is 0 Å². The van der Waals surface area contributed by atoms with Gasteiger partial charge in [-0.1, -0.05) is 18.0 Å². The van der Waals surface area contributed by atoms with Crippen LogP contribution in [-0.4, -0.2) is 46.4 Å². The van der Waals surface area contributed by atoms with Gasteiger partial charge in [-0.05, 0) is 69.7 Å². The minimum Gasteiger partial charge on any atom is -0.490 e. The molecule has 0 spiro atoms. The van der Waals surface area contributed by atoms with Gasteiger partial charge in [-0.3, -0.25) is 4.79 Å². The van der Waals surface area contributed by atoms with Gasteiger partial charge < -0.3 is 24.0 Å². The maximum Gasteiger partial charge on any atom is 0.415 e. The molecule has 0 saturated heterocycles. The molecule has 172 valence electrons. The summed E-state index contributed by atoms with van der Waals surface area (Å²) in [4.78, 5) is 25.6. The summed E-state index contributed by atoms with van der Waals surface area (Å²) in [5.74, 6) is 0.288. The third-order valence-electron chi connectivity index (χ3n) is 6.55. The average molecular weight is 443 g/mol. The number of nitrogens with zero attached hydrogens (tertiary/aromatic N) is 2. The van der Waals surface area contributed by atoms with Crippen molar-refractivity contribution in [2.45, 2.75) is 70.4 Å². The Labute approximate surface area is 187 Å². The number of aliphatic carboxylic acids is 1. The highest BCUT2D eigenvalue weighted by Crippen LogP contribution is 2.35. The molecule has 2 fully saturated rings. The van der Waals surface area contributed by atoms with E-state index in [-0.39, 0.29) is 18.1 Å². The van der Waals surface area contributed by atoms with E-state index in [9.17, 15) is 14.7 Å². The van der Waals surface area contributed by atoms with Crippen LogP contribution in [-0.2, 0) is 4.79 Å². The smallest absolute Gasteiger partial charge is 0.415 e. The lowest BCUT2D eigenvalue weighted by atomic mass is 9.87. The molecule has 2 aliphatic carbocycles. The summed E-state index contributed by atoms with van der Waals surface area (Å²) >= 11 is 0. The third-order valence-corrected chi connectivity index (χ3v) is 6.55. The van der Waals surface area contributed by atoms with Crippen LogP contribution in [0.25, 0.3) is 11.3 Å². The van der Waals surface area contributed by atoms with Gasteiger partial charge in [0.15, 0.2) is 0 Å². The van der Waals surface area contributed by atoms with Crippen molar-refractivity contribution in [2.24, 2.45) is 5.92 Å². The maximum absolute atomic E-state index is 12.7. The molecule has 8 nitrogen and oxygen atoms in total. The molecule has 2 atom stereocenters. The van der Waals surface area contributed by atoms with Crippen molar-refractivity contribution >= 4 is 12.1 Å². The van der Waals surface area contributed by atoms with Gasteiger partial charge in [0, 0.05) is 18.7 Å². The molecule has 8 heteroatoms. The zero-order valence-corrected chi connectivity index (χ0v) is 18.6. The summed E-state index contributed by atoms with van der Waals surface area (Å²) in [5.41, 5.74) is 1.23. The van der Waals surface area contributed by atoms with Crippen LogP contribution in [0.15, 0.2) is 28.8 Å². The molecule has 1 amide bonds. The fraction of sp³-hybridized carbons (Fsp3) is 0.542. The van der Waals surface area contributed by atoms with Crippen molar-refractivity contribution in [1.29, 1.82) is 0 Å². The van der Waals surface area contributed by atoms with Crippen LogP contribution in [0.1, 0.15) is 57.1 Å². The standard InChI is InChI=1S/C24H30N2O6/c1-15-21(31-24(29)26(2)18-7-3-4-8-18)22(32-25-15)16-10-12-19(13-11-16)30-20-9-5-6-17(14-20)23(27)28/h10-13,17-18,20H,3-9,14H2,1-2H3,(H,27,28)/t17-,20?/m0/s1. The summed E-state index contributed by atoms with van der Waals surface area (Å²) in [6.45, 7) is 1.74. The van der Waals surface area contributed by atoms with Crippen LogP contribution in [0.5, 0.6) is 11.5 Å². The van der Waals surface area contributed by atoms with Crippen molar-refractivity contribution in [1.82, 2.24) is 10.1 Å². The summed E-state index contributed by atoms with van der Waals surface area (Å²) in [5, 5.41) is 13.2. The van der Waals surface area contributed by atoms with Crippen LogP contribution in [0.4, 0.5) is 4.79 Å². The first kappa shape index (κ1) is 22.2. The van der Waals surface area contributed by atoms with Gasteiger partial charge >= 0.3 is 12.1 Å². The number of benzene rings is 1. The lowest BCUT2D eigenvalue weighted by Crippen LogP contribution is -2.37. The fourth-order valence-electron chi connectivity index (χ4n) is 4.62. The Kier molecular flexibility index (Phi) is 6.67. The number of hydrogen-bond donors (Lipinski definition) is 1. The second-order valence-electron chi connectivity index (χ2n) is 8.81. The number of carbonyl (C=O) groups is 2. The number of carbonyl (C=O) groups excluding carboxylic acids is 1. The van der Waals surface area contributed by atoms with E-state index >= 15 is 0 Å². The van der Waals surface area contributed by atoms with E-state index in [0.717, 1.165) is 44.1 Å². The predicted molar refractivity (Wildman–Crippen MR) is 117 cm³/mol. The number of ether oxygens (including phenoxy) is 2. The van der Waals surface area contributed by atoms with E-state index in [1.54, 1.807) is 18.9 Å². The Balaban J connectivity index is 1.43. The molecule has 1 aromatic carbocycles. The van der Waals surface area contributed by atoms with Crippen LogP contribution < -0.4 is 9.47 Å². The highest BCUT2D eigenvalue weighted by atomic mass is 16.6. The largest absolute Gasteiger partial charge is 0.490 e. The second-order valence-corrected chi connectivity index (χ2v) is 8.81. The maximum atomic E-state index is 12.7. The number of hydrogen-bond acceptors (Lipinski definition) is 6. The van der Waals surface area contributed by atoms with Gasteiger partial charge in [0.2, 0.25) is 11.5 Å². The molecule has 4 rings (SSSR count). The molecule has 2 aromatic rings. The Morgan fingerprint density at radius 1 is 1.09 bits per heavy atom. The number of rotatable bonds is 6. The first-order valence-electron chi connectivity index (χ1n) is 11.3. The summed E-state index contributed by atoms with van der Waals surface area (Å²) < 4.78 is 17.2. The molecular formula is C24H30N2O6. The first-order chi connectivity index (χ1) is 15.4. The zero-order valence-electron chi connectivity index (χ0n) is 18.6. The van der Waals surface area contributed by atoms with Crippen molar-refractivity contribution in [3.05, 3.63) is 30.0 Å². The minimum atomic E-state index is -0.755. The van der Waals surface area contributed by atoms with Gasteiger partial charge in [-0.2, -0.15) is 0 Å². The van der Waals surface area contributed by atoms with Crippen LogP contribution in [0.3, 0.4) is 0 Å². The van der Waals surface area contributed by atoms with Crippen molar-refractivity contribution in [3.8, 4) is 22.8 Å². The summed E-state index contributed by atoms with van der Waals surface area (Å²) in [6, 6.07) is 7.49. The van der Waals surface area contributed by atoms with E-state index in [1.807, 2.05) is 24.3 Å². The van der Waals surface area contributed by atoms with Gasteiger partial charge in [-0.25, -0.2) is 4.79 Å². The van der Waals surface area contributed by atoms with Gasteiger partial charge in [-0.15, -0.1) is 0 Å². The number of carboxylic acid groups (broad SMARTS) is 1. The lowest BCUT2D eigenvalue weighted by molar-refractivity contribution is -0.143. The Morgan fingerprint density at radius 2 is 1.81 bits per heavy atom. The number of aromatic nitrogens is 1. The average Bonchev–Trinajstić information content (AvgIpc) is 3.45. The monoisotopic (exact) mass is 442 g/mol. The van der Waals surface area contributed by atoms with E-state index in [0.29, 0.717) is 35.8 Å². The highest BCUT2D eigenvalue weighted by Gasteiger charge is 2.29. The van der Waals surface area contributed by atoms with Crippen molar-refractivity contribution in [3.63, 3.8) is 0 Å². The highest BCUT2D eigenvalue weighted by molar-refractivity contribution is 5.75. The van der Waals surface area contributed by atoms with E-state index < -0.39 is 12.1 Å². The minimum absolute atomic E-state index is 0.106. The molecule has 0 bridgehead atoms. The van der Waals surface area contributed by atoms with Gasteiger partial charge in [0.05, 0.1) is 12.0 Å². The number of aryl methyl sites for hydroxylation is 1. The number of carboxylic acids is 1. The van der Waals surface area contributed by atoms with Crippen molar-refractivity contribution in [2.75, 3.05) is 7.05 Å². The van der Waals surface area contributed by atoms with Crippen LogP contribution in [0, 0.1) is 12.8 Å². The molecule has 2 saturated carbocycles. The summed E-state index contributed by atoms with van der Waals surface area (Å²) in [6.07, 6.45) is 6.66. The van der Waals surface area contributed by atoms with Crippen molar-refractivity contribution < 1.29 is 28.7 Å². The lowest BCUT2D eigenvalue weighted by Gasteiger charge is -2.27. The molecule has 1 unspecified atom stereocenters. The van der Waals surface area contributed by atoms with Crippen LogP contribution in [0.2, 0.25) is 0 Å². The molecular weight excluding hydrogens is 412 g/mol. The molecule has 0 radical (unpaired) electrons. The molecule has 1 heterocycles. The number of amides is 1. The zero-order chi connectivity index (χ0) is 22.7. The quantitative estimate of drug-likeness (QED) is 0.668. The Bertz CT molecular complexity index is 948. The van der Waals surface area contributed by atoms with E-state index in [4.69, 9.17) is 14.0 Å². The van der Waals surface area contributed by atoms with E-state index in [2.05, 4.69) is 5.16 Å². The fourth-order valence-corrected chi connectivity index (χ4v) is 4.62. The molecule has 0 aliphatic heterocycles. The van der Waals surface area contributed by atoms with E-state index in [1.165, 1.54) is 0 Å². The van der Waals surface area contributed by atoms with Gasteiger partial charge in [0.1, 0.15) is 11.4 Å². The molecule has 1 N–H and O–H groups in total. The molecule has 32 heavy (non-hydrogen) atoms. The Morgan fingerprint density at radius 3 is 2.50 bits per heavy atom. The Hall–Kier alpha value is -3.03. The second kappa shape index (κ2) is 9.63. The summed E-state index contributed by atoms with van der Waals surface area (Å²) in [7, 11) is 1.77. The SMILES string of the molecule is Cc1noc(-c2ccc(OC3CCC[C@H](C(=O)O)C3)cc2)c1OC(=O)N(C)C1CCCC1. The normalized spacial score (nSPS) is 21.3. The molecule has 1 aromatic heterocycles. The van der Waals surface area contributed by atoms with Crippen LogP contribution >= 0.6 is 0 Å². The first-order valence-corrected chi connectivity index (χ1v) is 11.3. The topological polar surface area (TPSA) is 102 Å². The third kappa shape index (κ3) is 4.89. The molecule has 2 aliphatic rings.